The molecule has 0 fully saturated rings. The summed E-state index contributed by atoms with van der Waals surface area (Å²) in [5.41, 5.74) is 1.80. The summed E-state index contributed by atoms with van der Waals surface area (Å²) in [6.45, 7) is 0. The third-order valence-electron chi connectivity index (χ3n) is 3.50. The summed E-state index contributed by atoms with van der Waals surface area (Å²) in [5, 5.41) is 12.5. The van der Waals surface area contributed by atoms with Crippen LogP contribution in [0.5, 0.6) is 5.75 Å². The molecule has 0 spiro atoms. The molecule has 1 amide bonds. The van der Waals surface area contributed by atoms with E-state index >= 15 is 0 Å². The molecule has 0 atom stereocenters. The minimum atomic E-state index is -1.09. The molecule has 134 valence electrons. The third kappa shape index (κ3) is 3.92. The number of nitrogens with one attached hydrogen (secondary N) is 2. The van der Waals surface area contributed by atoms with E-state index in [4.69, 9.17) is 21.4 Å². The van der Waals surface area contributed by atoms with Gasteiger partial charge in [-0.25, -0.2) is 9.78 Å². The van der Waals surface area contributed by atoms with Gasteiger partial charge in [0.05, 0.1) is 34.7 Å². The Morgan fingerprint density at radius 3 is 2.88 bits per heavy atom. The van der Waals surface area contributed by atoms with Crippen LogP contribution in [0.15, 0.2) is 41.6 Å². The molecular weight excluding hydrogens is 378 g/mol. The number of benzene rings is 2. The fourth-order valence-electron chi connectivity index (χ4n) is 2.29. The Hall–Kier alpha value is -2.71. The number of thioether (sulfide) groups is 1. The van der Waals surface area contributed by atoms with E-state index < -0.39 is 5.97 Å². The monoisotopic (exact) mass is 391 g/mol. The lowest BCUT2D eigenvalue weighted by molar-refractivity contribution is -0.113. The van der Waals surface area contributed by atoms with Gasteiger partial charge in [0.2, 0.25) is 5.91 Å². The number of carbonyl (C=O) groups is 2. The van der Waals surface area contributed by atoms with Gasteiger partial charge < -0.3 is 20.1 Å². The van der Waals surface area contributed by atoms with Crippen LogP contribution in [0.3, 0.4) is 0 Å². The average Bonchev–Trinajstić information content (AvgIpc) is 3.04. The first kappa shape index (κ1) is 18.1. The van der Waals surface area contributed by atoms with Gasteiger partial charge in [-0.2, -0.15) is 0 Å². The van der Waals surface area contributed by atoms with Crippen molar-refractivity contribution >= 4 is 52.0 Å². The minimum absolute atomic E-state index is 0.0433. The summed E-state index contributed by atoms with van der Waals surface area (Å²) >= 11 is 7.22. The Morgan fingerprint density at radius 1 is 1.35 bits per heavy atom. The molecule has 0 bridgehead atoms. The number of methoxy groups -OCH3 is 1. The van der Waals surface area contributed by atoms with E-state index in [1.54, 1.807) is 7.11 Å². The summed E-state index contributed by atoms with van der Waals surface area (Å²) in [5.74, 6) is -0.697. The lowest BCUT2D eigenvalue weighted by atomic mass is 10.2. The molecule has 0 aliphatic heterocycles. The number of H-pyrrole nitrogens is 1. The van der Waals surface area contributed by atoms with Gasteiger partial charge in [-0.1, -0.05) is 29.4 Å². The van der Waals surface area contributed by atoms with Crippen LogP contribution >= 0.6 is 23.4 Å². The van der Waals surface area contributed by atoms with Crippen molar-refractivity contribution < 1.29 is 19.4 Å². The van der Waals surface area contributed by atoms with E-state index in [-0.39, 0.29) is 27.9 Å². The van der Waals surface area contributed by atoms with Crippen LogP contribution in [-0.4, -0.2) is 39.8 Å². The van der Waals surface area contributed by atoms with E-state index in [9.17, 15) is 9.59 Å². The number of fused-ring (bicyclic) bond motifs is 1. The highest BCUT2D eigenvalue weighted by Gasteiger charge is 2.13. The predicted octanol–water partition coefficient (Wildman–Crippen LogP) is 3.65. The van der Waals surface area contributed by atoms with Gasteiger partial charge in [0.25, 0.3) is 0 Å². The summed E-state index contributed by atoms with van der Waals surface area (Å²) < 4.78 is 5.26. The zero-order valence-electron chi connectivity index (χ0n) is 13.6. The number of hydrogen-bond acceptors (Lipinski definition) is 5. The van der Waals surface area contributed by atoms with Gasteiger partial charge in [-0.3, -0.25) is 4.79 Å². The van der Waals surface area contributed by atoms with Crippen molar-refractivity contribution in [3.05, 3.63) is 47.0 Å². The molecule has 0 aliphatic rings. The van der Waals surface area contributed by atoms with Gasteiger partial charge in [0.1, 0.15) is 11.3 Å². The Kier molecular flexibility index (Phi) is 5.34. The van der Waals surface area contributed by atoms with Crippen LogP contribution in [0.4, 0.5) is 5.69 Å². The number of anilines is 1. The zero-order valence-corrected chi connectivity index (χ0v) is 15.1. The van der Waals surface area contributed by atoms with E-state index in [2.05, 4.69) is 15.3 Å². The number of carboxylic acid groups (broad SMARTS) is 1. The number of carbonyl (C=O) groups excluding carboxylic acids is 1. The van der Waals surface area contributed by atoms with Crippen LogP contribution in [-0.2, 0) is 4.79 Å². The smallest absolute Gasteiger partial charge is 0.335 e. The second kappa shape index (κ2) is 7.67. The van der Waals surface area contributed by atoms with Crippen LogP contribution in [0.2, 0.25) is 5.02 Å². The number of halogens is 1. The fraction of sp³-hybridized carbons (Fsp3) is 0.118. The van der Waals surface area contributed by atoms with Crippen LogP contribution < -0.4 is 10.1 Å². The number of hydrogen-bond donors (Lipinski definition) is 3. The molecule has 0 aliphatic carbocycles. The molecule has 0 radical (unpaired) electrons. The van der Waals surface area contributed by atoms with Crippen molar-refractivity contribution in [1.29, 1.82) is 0 Å². The van der Waals surface area contributed by atoms with Crippen molar-refractivity contribution in [2.24, 2.45) is 0 Å². The Labute approximate surface area is 157 Å². The third-order valence-corrected chi connectivity index (χ3v) is 4.70. The van der Waals surface area contributed by atoms with Gasteiger partial charge in [-0.15, -0.1) is 0 Å². The summed E-state index contributed by atoms with van der Waals surface area (Å²) in [6, 6.07) is 9.64. The largest absolute Gasteiger partial charge is 0.494 e. The minimum Gasteiger partial charge on any atom is -0.494 e. The predicted molar refractivity (Wildman–Crippen MR) is 100 cm³/mol. The van der Waals surface area contributed by atoms with Crippen molar-refractivity contribution in [2.45, 2.75) is 5.16 Å². The van der Waals surface area contributed by atoms with Crippen LogP contribution in [0, 0.1) is 0 Å². The van der Waals surface area contributed by atoms with Gasteiger partial charge in [-0.05, 0) is 30.3 Å². The summed E-state index contributed by atoms with van der Waals surface area (Å²) in [7, 11) is 1.57. The second-order valence-electron chi connectivity index (χ2n) is 5.24. The lowest BCUT2D eigenvalue weighted by Crippen LogP contribution is -2.15. The molecular formula is C17H14ClN3O4S. The molecule has 0 unspecified atom stereocenters. The SMILES string of the molecule is COc1cccc2[nH]c(SCC(=O)Nc3cc(C(=O)O)ccc3Cl)nc12. The number of carboxylic acids is 1. The molecule has 9 heteroatoms. The number of nitrogens with zero attached hydrogens (tertiary/aromatic N) is 1. The summed E-state index contributed by atoms with van der Waals surface area (Å²) in [4.78, 5) is 30.7. The van der Waals surface area contributed by atoms with Crippen LogP contribution in [0.1, 0.15) is 10.4 Å². The van der Waals surface area contributed by atoms with Gasteiger partial charge in [0, 0.05) is 0 Å². The second-order valence-corrected chi connectivity index (χ2v) is 6.61. The first-order chi connectivity index (χ1) is 12.5. The van der Waals surface area contributed by atoms with Gasteiger partial charge in [0.15, 0.2) is 5.16 Å². The van der Waals surface area contributed by atoms with Crippen molar-refractivity contribution in [2.75, 3.05) is 18.2 Å². The maximum atomic E-state index is 12.2. The zero-order chi connectivity index (χ0) is 18.7. The quantitative estimate of drug-likeness (QED) is 0.554. The number of para-hydroxylation sites is 1. The molecule has 3 aromatic rings. The first-order valence-electron chi connectivity index (χ1n) is 7.46. The molecule has 3 rings (SSSR count). The molecule has 1 heterocycles. The normalized spacial score (nSPS) is 10.7. The molecule has 0 saturated carbocycles. The number of amides is 1. The number of rotatable bonds is 6. The summed E-state index contributed by atoms with van der Waals surface area (Å²) in [6.07, 6.45) is 0. The van der Waals surface area contributed by atoms with E-state index in [1.165, 1.54) is 30.0 Å². The van der Waals surface area contributed by atoms with Crippen molar-refractivity contribution in [3.8, 4) is 5.75 Å². The average molecular weight is 392 g/mol. The first-order valence-corrected chi connectivity index (χ1v) is 8.82. The molecule has 7 nitrogen and oxygen atoms in total. The fourth-order valence-corrected chi connectivity index (χ4v) is 3.13. The number of ether oxygens (including phenoxy) is 1. The lowest BCUT2D eigenvalue weighted by Gasteiger charge is -2.07. The van der Waals surface area contributed by atoms with Crippen LogP contribution in [0.25, 0.3) is 11.0 Å². The Balaban J connectivity index is 1.68. The van der Waals surface area contributed by atoms with E-state index in [1.807, 2.05) is 18.2 Å². The Morgan fingerprint density at radius 2 is 2.15 bits per heavy atom. The number of imidazole rings is 1. The standard InChI is InChI=1S/C17H14ClN3O4S/c1-25-13-4-2-3-11-15(13)21-17(20-11)26-8-14(22)19-12-7-9(16(23)24)5-6-10(12)18/h2-7H,8H2,1H3,(H,19,22)(H,20,21)(H,23,24). The topological polar surface area (TPSA) is 104 Å². The molecule has 0 saturated heterocycles. The van der Waals surface area contributed by atoms with E-state index in [0.29, 0.717) is 16.4 Å². The highest BCUT2D eigenvalue weighted by molar-refractivity contribution is 7.99. The maximum absolute atomic E-state index is 12.2. The Bertz CT molecular complexity index is 989. The molecule has 3 N–H and O–H groups in total. The molecule has 1 aromatic heterocycles. The highest BCUT2D eigenvalue weighted by Crippen LogP contribution is 2.27. The number of aromatic carboxylic acids is 1. The van der Waals surface area contributed by atoms with Crippen molar-refractivity contribution in [3.63, 3.8) is 0 Å². The molecule has 2 aromatic carbocycles. The highest BCUT2D eigenvalue weighted by atomic mass is 35.5. The molecule has 26 heavy (non-hydrogen) atoms. The maximum Gasteiger partial charge on any atom is 0.335 e. The number of aromatic nitrogens is 2. The van der Waals surface area contributed by atoms with E-state index in [0.717, 1.165) is 5.52 Å². The van der Waals surface area contributed by atoms with Crippen molar-refractivity contribution in [1.82, 2.24) is 9.97 Å². The number of aromatic amines is 1. The van der Waals surface area contributed by atoms with Gasteiger partial charge >= 0.3 is 5.97 Å².